The molecule has 1 unspecified atom stereocenters. The summed E-state index contributed by atoms with van der Waals surface area (Å²) in [6.45, 7) is 0. The fourth-order valence-corrected chi connectivity index (χ4v) is 4.40. The molecule has 0 aliphatic rings. The van der Waals surface area contributed by atoms with Gasteiger partial charge < -0.3 is 14.2 Å². The van der Waals surface area contributed by atoms with Crippen molar-refractivity contribution in [3.8, 4) is 17.2 Å². The molecule has 0 aliphatic carbocycles. The fraction of sp³-hybridized carbons (Fsp3) is 0.286. The van der Waals surface area contributed by atoms with Gasteiger partial charge in [0.15, 0.2) is 11.5 Å². The van der Waals surface area contributed by atoms with E-state index in [-0.39, 0.29) is 4.83 Å². The average molecular weight is 457 g/mol. The number of rotatable bonds is 5. The van der Waals surface area contributed by atoms with Gasteiger partial charge in [0.1, 0.15) is 10.1 Å². The first-order valence-electron chi connectivity index (χ1n) is 5.90. The van der Waals surface area contributed by atoms with Crippen LogP contribution in [0.4, 0.5) is 0 Å². The summed E-state index contributed by atoms with van der Waals surface area (Å²) in [6.07, 6.45) is 0. The molecule has 7 heteroatoms. The molecule has 114 valence electrons. The van der Waals surface area contributed by atoms with Crippen LogP contribution in [0.3, 0.4) is 0 Å². The molecule has 1 atom stereocenters. The number of alkyl halides is 1. The lowest BCUT2D eigenvalue weighted by atomic mass is 10.1. The highest BCUT2D eigenvalue weighted by Crippen LogP contribution is 2.46. The Morgan fingerprint density at radius 1 is 1.00 bits per heavy atom. The zero-order chi connectivity index (χ0) is 15.6. The second-order valence-corrected chi connectivity index (χ2v) is 7.54. The summed E-state index contributed by atoms with van der Waals surface area (Å²) in [6, 6.07) is 5.70. The zero-order valence-corrected chi connectivity index (χ0v) is 16.3. The van der Waals surface area contributed by atoms with Gasteiger partial charge in [-0.3, -0.25) is 0 Å². The average Bonchev–Trinajstić information content (AvgIpc) is 2.84. The quantitative estimate of drug-likeness (QED) is 0.542. The van der Waals surface area contributed by atoms with Gasteiger partial charge in [0.05, 0.1) is 26.2 Å². The molecule has 0 saturated carbocycles. The van der Waals surface area contributed by atoms with Crippen LogP contribution in [0.2, 0.25) is 4.34 Å². The molecule has 21 heavy (non-hydrogen) atoms. The van der Waals surface area contributed by atoms with Crippen molar-refractivity contribution in [2.24, 2.45) is 0 Å². The van der Waals surface area contributed by atoms with Gasteiger partial charge in [0.2, 0.25) is 0 Å². The molecule has 0 saturated heterocycles. The number of ether oxygens (including phenoxy) is 3. The second kappa shape index (κ2) is 7.22. The molecule has 0 bridgehead atoms. The minimum Gasteiger partial charge on any atom is -0.496 e. The Kier molecular flexibility index (Phi) is 5.82. The third-order valence-corrected chi connectivity index (χ3v) is 6.75. The van der Waals surface area contributed by atoms with Crippen molar-refractivity contribution in [1.29, 1.82) is 0 Å². The molecule has 0 amide bonds. The molecule has 0 aliphatic heterocycles. The van der Waals surface area contributed by atoms with E-state index in [1.54, 1.807) is 21.3 Å². The Morgan fingerprint density at radius 2 is 1.57 bits per heavy atom. The lowest BCUT2D eigenvalue weighted by molar-refractivity contribution is 0.348. The van der Waals surface area contributed by atoms with Gasteiger partial charge >= 0.3 is 0 Å². The molecule has 0 fully saturated rings. The Hall–Kier alpha value is -0.430. The van der Waals surface area contributed by atoms with E-state index in [9.17, 15) is 0 Å². The maximum absolute atomic E-state index is 6.12. The number of hydrogen-bond acceptors (Lipinski definition) is 4. The molecule has 0 N–H and O–H groups in total. The maximum Gasteiger partial charge on any atom is 0.164 e. The van der Waals surface area contributed by atoms with Crippen LogP contribution >= 0.6 is 54.8 Å². The number of methoxy groups -OCH3 is 3. The summed E-state index contributed by atoms with van der Waals surface area (Å²) < 4.78 is 17.7. The number of thiophene rings is 1. The third kappa shape index (κ3) is 3.50. The van der Waals surface area contributed by atoms with Gasteiger partial charge in [-0.25, -0.2) is 0 Å². The normalized spacial score (nSPS) is 12.1. The summed E-state index contributed by atoms with van der Waals surface area (Å²) in [5.41, 5.74) is 0.945. The predicted octanol–water partition coefficient (Wildman–Crippen LogP) is 5.67. The summed E-state index contributed by atoms with van der Waals surface area (Å²) in [7, 11) is 4.83. The van der Waals surface area contributed by atoms with Crippen molar-refractivity contribution >= 4 is 54.8 Å². The number of hydrogen-bond donors (Lipinski definition) is 0. The number of benzene rings is 1. The van der Waals surface area contributed by atoms with Crippen LogP contribution in [-0.4, -0.2) is 21.3 Å². The monoisotopic (exact) mass is 454 g/mol. The van der Waals surface area contributed by atoms with Crippen molar-refractivity contribution in [3.05, 3.63) is 37.4 Å². The first-order valence-corrected chi connectivity index (χ1v) is 8.80. The minimum absolute atomic E-state index is 0.0546. The minimum atomic E-state index is -0.0546. The molecule has 1 aromatic heterocycles. The van der Waals surface area contributed by atoms with Crippen LogP contribution in [0.25, 0.3) is 0 Å². The molecule has 0 radical (unpaired) electrons. The Balaban J connectivity index is 2.50. The van der Waals surface area contributed by atoms with Gasteiger partial charge in [-0.1, -0.05) is 27.5 Å². The van der Waals surface area contributed by atoms with E-state index < -0.39 is 0 Å². The first kappa shape index (κ1) is 16.9. The fourth-order valence-electron chi connectivity index (χ4n) is 1.89. The summed E-state index contributed by atoms with van der Waals surface area (Å²) >= 11 is 14.7. The molecule has 1 aromatic carbocycles. The van der Waals surface area contributed by atoms with Crippen molar-refractivity contribution in [2.45, 2.75) is 4.83 Å². The Bertz CT molecular complexity index is 626. The van der Waals surface area contributed by atoms with E-state index in [0.29, 0.717) is 15.8 Å². The highest BCUT2D eigenvalue weighted by atomic mass is 79.9. The molecule has 0 spiro atoms. The standard InChI is InChI=1S/C14H13Br2ClO3S/c1-18-9-6-11(20-3)10(19-2)4-7(9)13(16)12-5-8(15)14(17)21-12/h4-6,13H,1-3H3. The summed E-state index contributed by atoms with van der Waals surface area (Å²) in [5.74, 6) is 2.00. The van der Waals surface area contributed by atoms with E-state index >= 15 is 0 Å². The van der Waals surface area contributed by atoms with Crippen LogP contribution < -0.4 is 14.2 Å². The largest absolute Gasteiger partial charge is 0.496 e. The van der Waals surface area contributed by atoms with E-state index in [4.69, 9.17) is 25.8 Å². The van der Waals surface area contributed by atoms with Gasteiger partial charge in [-0.15, -0.1) is 11.3 Å². The topological polar surface area (TPSA) is 27.7 Å². The van der Waals surface area contributed by atoms with Gasteiger partial charge in [0.25, 0.3) is 0 Å². The second-order valence-electron chi connectivity index (χ2n) is 4.08. The Morgan fingerprint density at radius 3 is 2.05 bits per heavy atom. The molecule has 1 heterocycles. The molecule has 3 nitrogen and oxygen atoms in total. The zero-order valence-electron chi connectivity index (χ0n) is 11.6. The third-order valence-electron chi connectivity index (χ3n) is 2.92. The molecular weight excluding hydrogens is 443 g/mol. The smallest absolute Gasteiger partial charge is 0.164 e. The van der Waals surface area contributed by atoms with E-state index in [2.05, 4.69) is 31.9 Å². The van der Waals surface area contributed by atoms with Crippen LogP contribution in [0.5, 0.6) is 17.2 Å². The van der Waals surface area contributed by atoms with Crippen LogP contribution in [0.15, 0.2) is 22.7 Å². The van der Waals surface area contributed by atoms with Crippen molar-refractivity contribution < 1.29 is 14.2 Å². The lowest BCUT2D eigenvalue weighted by Crippen LogP contribution is -1.99. The van der Waals surface area contributed by atoms with Crippen molar-refractivity contribution in [1.82, 2.24) is 0 Å². The highest BCUT2D eigenvalue weighted by Gasteiger charge is 2.21. The Labute approximate surface area is 149 Å². The van der Waals surface area contributed by atoms with Gasteiger partial charge in [-0.2, -0.15) is 0 Å². The summed E-state index contributed by atoms with van der Waals surface area (Å²) in [4.78, 5) is 1.01. The van der Waals surface area contributed by atoms with Crippen molar-refractivity contribution in [3.63, 3.8) is 0 Å². The predicted molar refractivity (Wildman–Crippen MR) is 93.9 cm³/mol. The van der Waals surface area contributed by atoms with Gasteiger partial charge in [0, 0.05) is 21.0 Å². The van der Waals surface area contributed by atoms with E-state index in [0.717, 1.165) is 20.7 Å². The first-order chi connectivity index (χ1) is 10.0. The van der Waals surface area contributed by atoms with Gasteiger partial charge in [-0.05, 0) is 28.1 Å². The maximum atomic E-state index is 6.12. The lowest BCUT2D eigenvalue weighted by Gasteiger charge is -2.17. The SMILES string of the molecule is COc1cc(OC)c(C(Br)c2cc(Br)c(Cl)s2)cc1OC. The molecule has 2 aromatic rings. The molecular formula is C14H13Br2ClO3S. The van der Waals surface area contributed by atoms with Crippen molar-refractivity contribution in [2.75, 3.05) is 21.3 Å². The summed E-state index contributed by atoms with van der Waals surface area (Å²) in [5, 5.41) is 0. The molecule has 2 rings (SSSR count). The van der Waals surface area contributed by atoms with E-state index in [1.807, 2.05) is 18.2 Å². The highest BCUT2D eigenvalue weighted by molar-refractivity contribution is 9.10. The van der Waals surface area contributed by atoms with Crippen LogP contribution in [-0.2, 0) is 0 Å². The van der Waals surface area contributed by atoms with E-state index in [1.165, 1.54) is 11.3 Å². The number of halogens is 3. The van der Waals surface area contributed by atoms with Crippen LogP contribution in [0, 0.1) is 0 Å². The van der Waals surface area contributed by atoms with Crippen LogP contribution in [0.1, 0.15) is 15.3 Å².